The summed E-state index contributed by atoms with van der Waals surface area (Å²) in [6.45, 7) is 0.935. The van der Waals surface area contributed by atoms with Crippen LogP contribution in [0.25, 0.3) is 0 Å². The first-order valence-corrected chi connectivity index (χ1v) is 8.10. The summed E-state index contributed by atoms with van der Waals surface area (Å²) >= 11 is 0. The third kappa shape index (κ3) is 2.91. The Morgan fingerprint density at radius 2 is 1.95 bits per heavy atom. The summed E-state index contributed by atoms with van der Waals surface area (Å²) in [5.74, 6) is 0. The second-order valence-corrected chi connectivity index (χ2v) is 6.86. The number of anilines is 1. The van der Waals surface area contributed by atoms with E-state index in [-0.39, 0.29) is 10.6 Å². The second kappa shape index (κ2) is 5.37. The van der Waals surface area contributed by atoms with Gasteiger partial charge in [-0.25, -0.2) is 8.42 Å². The minimum atomic E-state index is -3.67. The number of sulfone groups is 1. The molecule has 0 atom stereocenters. The van der Waals surface area contributed by atoms with Gasteiger partial charge in [-0.2, -0.15) is 0 Å². The highest BCUT2D eigenvalue weighted by Crippen LogP contribution is 2.35. The number of nitrogens with zero attached hydrogens (tertiary/aromatic N) is 2. The molecule has 1 aliphatic rings. The Morgan fingerprint density at radius 3 is 2.45 bits per heavy atom. The predicted octanol–water partition coefficient (Wildman–Crippen LogP) is 0.959. The molecule has 0 unspecified atom stereocenters. The van der Waals surface area contributed by atoms with Crippen molar-refractivity contribution < 1.29 is 18.4 Å². The Bertz CT molecular complexity index is 621. The van der Waals surface area contributed by atoms with Gasteiger partial charge in [0.25, 0.3) is 0 Å². The molecule has 0 saturated carbocycles. The number of hydrogen-bond acceptors (Lipinski definition) is 6. The van der Waals surface area contributed by atoms with Crippen LogP contribution < -0.4 is 4.90 Å². The van der Waals surface area contributed by atoms with E-state index in [9.17, 15) is 23.6 Å². The fourth-order valence-electron chi connectivity index (χ4n) is 2.36. The van der Waals surface area contributed by atoms with Crippen LogP contribution in [0.5, 0.6) is 0 Å². The molecule has 1 aliphatic heterocycles. The van der Waals surface area contributed by atoms with Crippen LogP contribution in [-0.2, 0) is 9.84 Å². The topological polar surface area (TPSA) is 101 Å². The maximum atomic E-state index is 11.7. The summed E-state index contributed by atoms with van der Waals surface area (Å²) in [6.07, 6.45) is 1.59. The molecule has 1 fully saturated rings. The maximum absolute atomic E-state index is 11.7. The van der Waals surface area contributed by atoms with Gasteiger partial charge in [0, 0.05) is 19.3 Å². The van der Waals surface area contributed by atoms with E-state index in [1.165, 1.54) is 12.1 Å². The third-order valence-corrected chi connectivity index (χ3v) is 4.49. The van der Waals surface area contributed by atoms with E-state index in [2.05, 4.69) is 0 Å². The first-order valence-electron chi connectivity index (χ1n) is 6.21. The molecule has 20 heavy (non-hydrogen) atoms. The van der Waals surface area contributed by atoms with Gasteiger partial charge in [0.05, 0.1) is 11.0 Å². The number of hydrogen-bond donors (Lipinski definition) is 1. The second-order valence-electron chi connectivity index (χ2n) is 4.87. The quantitative estimate of drug-likeness (QED) is 0.659. The van der Waals surface area contributed by atoms with Crippen molar-refractivity contribution in [2.75, 3.05) is 24.2 Å². The highest BCUT2D eigenvalue weighted by atomic mass is 32.2. The van der Waals surface area contributed by atoms with Crippen molar-refractivity contribution in [2.24, 2.45) is 0 Å². The monoisotopic (exact) mass is 300 g/mol. The van der Waals surface area contributed by atoms with Crippen LogP contribution in [0.4, 0.5) is 11.4 Å². The van der Waals surface area contributed by atoms with Gasteiger partial charge >= 0.3 is 5.69 Å². The minimum Gasteiger partial charge on any atom is -0.393 e. The van der Waals surface area contributed by atoms with Crippen molar-refractivity contribution >= 4 is 21.2 Å². The third-order valence-electron chi connectivity index (χ3n) is 3.36. The van der Waals surface area contributed by atoms with Crippen LogP contribution >= 0.6 is 0 Å². The molecule has 1 aromatic rings. The zero-order chi connectivity index (χ0) is 14.9. The first kappa shape index (κ1) is 14.7. The number of aliphatic hydroxyl groups is 1. The lowest BCUT2D eigenvalue weighted by molar-refractivity contribution is -0.387. The smallest absolute Gasteiger partial charge is 0.311 e. The molecule has 110 valence electrons. The molecule has 8 heteroatoms. The number of nitro groups is 1. The number of para-hydroxylation sites is 1. The van der Waals surface area contributed by atoms with E-state index in [0.717, 1.165) is 6.26 Å². The zero-order valence-corrected chi connectivity index (χ0v) is 11.8. The lowest BCUT2D eigenvalue weighted by Crippen LogP contribution is -2.36. The SMILES string of the molecule is CS(=O)(=O)c1cccc(N2CCC(O)CC2)c1[N+](=O)[O-]. The molecular formula is C12H16N2O5S. The van der Waals surface area contributed by atoms with E-state index in [1.807, 2.05) is 0 Å². The average molecular weight is 300 g/mol. The summed E-state index contributed by atoms with van der Waals surface area (Å²) in [7, 11) is -3.67. The Kier molecular flexibility index (Phi) is 3.96. The van der Waals surface area contributed by atoms with Crippen molar-refractivity contribution in [1.82, 2.24) is 0 Å². The predicted molar refractivity (Wildman–Crippen MR) is 73.7 cm³/mol. The lowest BCUT2D eigenvalue weighted by Gasteiger charge is -2.31. The molecule has 0 aliphatic carbocycles. The molecule has 0 aromatic heterocycles. The van der Waals surface area contributed by atoms with Gasteiger partial charge in [-0.1, -0.05) is 6.07 Å². The van der Waals surface area contributed by atoms with Gasteiger partial charge in [0.1, 0.15) is 10.6 Å². The normalized spacial score (nSPS) is 17.2. The Balaban J connectivity index is 2.51. The minimum absolute atomic E-state index is 0.272. The first-order chi connectivity index (χ1) is 9.30. The molecule has 1 N–H and O–H groups in total. The van der Waals surface area contributed by atoms with Crippen LogP contribution in [0.3, 0.4) is 0 Å². The van der Waals surface area contributed by atoms with Gasteiger partial charge in [0.15, 0.2) is 9.84 Å². The molecular weight excluding hydrogens is 284 g/mol. The number of rotatable bonds is 3. The number of aliphatic hydroxyl groups excluding tert-OH is 1. The zero-order valence-electron chi connectivity index (χ0n) is 11.0. The number of benzene rings is 1. The molecule has 1 heterocycles. The summed E-state index contributed by atoms with van der Waals surface area (Å²) < 4.78 is 23.4. The summed E-state index contributed by atoms with van der Waals surface area (Å²) in [6, 6.07) is 4.30. The molecule has 0 amide bonds. The number of nitro benzene ring substituents is 1. The Labute approximate surface area is 116 Å². The molecule has 1 aromatic carbocycles. The Hall–Kier alpha value is -1.67. The van der Waals surface area contributed by atoms with Crippen molar-refractivity contribution in [1.29, 1.82) is 0 Å². The highest BCUT2D eigenvalue weighted by Gasteiger charge is 2.30. The average Bonchev–Trinajstić information content (AvgIpc) is 2.37. The number of piperidine rings is 1. The van der Waals surface area contributed by atoms with Gasteiger partial charge in [-0.05, 0) is 25.0 Å². The van der Waals surface area contributed by atoms with E-state index >= 15 is 0 Å². The summed E-state index contributed by atoms with van der Waals surface area (Å²) in [5, 5.41) is 20.7. The van der Waals surface area contributed by atoms with Gasteiger partial charge in [-0.3, -0.25) is 10.1 Å². The molecule has 1 saturated heterocycles. The fourth-order valence-corrected chi connectivity index (χ4v) is 3.21. The van der Waals surface area contributed by atoms with Gasteiger partial charge < -0.3 is 10.0 Å². The van der Waals surface area contributed by atoms with Crippen LogP contribution in [0.15, 0.2) is 23.1 Å². The highest BCUT2D eigenvalue weighted by molar-refractivity contribution is 7.90. The van der Waals surface area contributed by atoms with E-state index in [1.54, 1.807) is 11.0 Å². The van der Waals surface area contributed by atoms with E-state index < -0.39 is 20.9 Å². The fraction of sp³-hybridized carbons (Fsp3) is 0.500. The molecule has 7 nitrogen and oxygen atoms in total. The Morgan fingerprint density at radius 1 is 1.35 bits per heavy atom. The van der Waals surface area contributed by atoms with Crippen molar-refractivity contribution in [3.63, 3.8) is 0 Å². The summed E-state index contributed by atoms with van der Waals surface area (Å²) in [4.78, 5) is 12.1. The lowest BCUT2D eigenvalue weighted by atomic mass is 10.1. The van der Waals surface area contributed by atoms with Crippen molar-refractivity contribution in [3.8, 4) is 0 Å². The maximum Gasteiger partial charge on any atom is 0.311 e. The molecule has 0 spiro atoms. The molecule has 0 bridgehead atoms. The van der Waals surface area contributed by atoms with Gasteiger partial charge in [0.2, 0.25) is 0 Å². The molecule has 2 rings (SSSR count). The van der Waals surface area contributed by atoms with Crippen molar-refractivity contribution in [2.45, 2.75) is 23.8 Å². The summed E-state index contributed by atoms with van der Waals surface area (Å²) in [5.41, 5.74) is -0.0868. The van der Waals surface area contributed by atoms with Crippen LogP contribution in [0.1, 0.15) is 12.8 Å². The van der Waals surface area contributed by atoms with E-state index in [4.69, 9.17) is 0 Å². The van der Waals surface area contributed by atoms with Crippen LogP contribution in [0, 0.1) is 10.1 Å². The van der Waals surface area contributed by atoms with E-state index in [0.29, 0.717) is 31.6 Å². The van der Waals surface area contributed by atoms with Gasteiger partial charge in [-0.15, -0.1) is 0 Å². The van der Waals surface area contributed by atoms with Crippen molar-refractivity contribution in [3.05, 3.63) is 28.3 Å². The standard InChI is InChI=1S/C12H16N2O5S/c1-20(18,19)11-4-2-3-10(12(11)14(16)17)13-7-5-9(15)6-8-13/h2-4,9,15H,5-8H2,1H3. The molecule has 0 radical (unpaired) electrons. The largest absolute Gasteiger partial charge is 0.393 e. The van der Waals surface area contributed by atoms with Crippen LogP contribution in [0.2, 0.25) is 0 Å². The van der Waals surface area contributed by atoms with Crippen LogP contribution in [-0.4, -0.2) is 43.9 Å².